The number of ether oxygens (including phenoxy) is 1. The molecule has 4 rings (SSSR count). The number of carbonyl (C=O) groups excluding carboxylic acids is 1. The van der Waals surface area contributed by atoms with Gasteiger partial charge in [0.2, 0.25) is 0 Å². The molecule has 0 bridgehead atoms. The summed E-state index contributed by atoms with van der Waals surface area (Å²) in [5, 5.41) is 2.30. The zero-order chi connectivity index (χ0) is 19.7. The molecule has 6 heteroatoms. The van der Waals surface area contributed by atoms with E-state index in [0.29, 0.717) is 24.6 Å². The number of hydrogen-bond donors (Lipinski definition) is 1. The van der Waals surface area contributed by atoms with Gasteiger partial charge < -0.3 is 19.8 Å². The molecular weight excluding hydrogens is 388 g/mol. The Balaban J connectivity index is 0.00000240. The van der Waals surface area contributed by atoms with Crippen LogP contribution in [0.25, 0.3) is 10.8 Å². The van der Waals surface area contributed by atoms with E-state index in [1.165, 1.54) is 5.39 Å². The summed E-state index contributed by atoms with van der Waals surface area (Å²) < 4.78 is 11.6. The second kappa shape index (κ2) is 8.47. The maximum Gasteiger partial charge on any atom is 0.289 e. The highest BCUT2D eigenvalue weighted by Gasteiger charge is 2.36. The Morgan fingerprint density at radius 1 is 1.17 bits per heavy atom. The second-order valence-electron chi connectivity index (χ2n) is 8.17. The maximum absolute atomic E-state index is 12.8. The monoisotopic (exact) mass is 414 g/mol. The SMILES string of the molecule is CC1(C)CN(C(=O)c2ccc(COc3ccc4ccccc4c3)o2)CCC1N.Cl. The first-order valence-corrected chi connectivity index (χ1v) is 9.67. The van der Waals surface area contributed by atoms with Gasteiger partial charge in [0.1, 0.15) is 18.1 Å². The minimum absolute atomic E-state index is 0. The van der Waals surface area contributed by atoms with Gasteiger partial charge in [-0.2, -0.15) is 0 Å². The van der Waals surface area contributed by atoms with Crippen molar-refractivity contribution in [3.63, 3.8) is 0 Å². The third-order valence-corrected chi connectivity index (χ3v) is 5.57. The van der Waals surface area contributed by atoms with E-state index in [1.54, 1.807) is 12.1 Å². The number of nitrogens with zero attached hydrogens (tertiary/aromatic N) is 1. The fourth-order valence-electron chi connectivity index (χ4n) is 3.69. The molecular formula is C23H27ClN2O3. The number of nitrogens with two attached hydrogens (primary N) is 1. The molecule has 0 aliphatic carbocycles. The number of furan rings is 1. The number of amides is 1. The van der Waals surface area contributed by atoms with Crippen molar-refractivity contribution < 1.29 is 13.9 Å². The molecule has 1 saturated heterocycles. The Labute approximate surface area is 177 Å². The van der Waals surface area contributed by atoms with E-state index in [9.17, 15) is 4.79 Å². The normalized spacial score (nSPS) is 18.3. The van der Waals surface area contributed by atoms with Crippen molar-refractivity contribution in [2.24, 2.45) is 11.1 Å². The first kappa shape index (κ1) is 21.2. The quantitative estimate of drug-likeness (QED) is 0.675. The van der Waals surface area contributed by atoms with Crippen LogP contribution in [0, 0.1) is 5.41 Å². The van der Waals surface area contributed by atoms with Crippen molar-refractivity contribution in [2.75, 3.05) is 13.1 Å². The number of halogens is 1. The van der Waals surface area contributed by atoms with Gasteiger partial charge in [-0.3, -0.25) is 4.79 Å². The highest BCUT2D eigenvalue weighted by atomic mass is 35.5. The third-order valence-electron chi connectivity index (χ3n) is 5.57. The number of carbonyl (C=O) groups is 1. The zero-order valence-corrected chi connectivity index (χ0v) is 17.6. The average Bonchev–Trinajstić information content (AvgIpc) is 3.17. The summed E-state index contributed by atoms with van der Waals surface area (Å²) in [6.07, 6.45) is 0.803. The van der Waals surface area contributed by atoms with Gasteiger partial charge in [0, 0.05) is 19.1 Å². The highest BCUT2D eigenvalue weighted by molar-refractivity contribution is 5.91. The molecule has 154 valence electrons. The van der Waals surface area contributed by atoms with Crippen LogP contribution in [-0.4, -0.2) is 29.9 Å². The molecule has 1 unspecified atom stereocenters. The van der Waals surface area contributed by atoms with E-state index < -0.39 is 0 Å². The van der Waals surface area contributed by atoms with Crippen LogP contribution in [0.3, 0.4) is 0 Å². The number of likely N-dealkylation sites (tertiary alicyclic amines) is 1. The summed E-state index contributed by atoms with van der Waals surface area (Å²) in [5.74, 6) is 1.67. The van der Waals surface area contributed by atoms with Crippen molar-refractivity contribution in [1.29, 1.82) is 0 Å². The first-order chi connectivity index (χ1) is 13.4. The minimum Gasteiger partial charge on any atom is -0.486 e. The molecule has 1 aliphatic heterocycles. The van der Waals surface area contributed by atoms with E-state index in [1.807, 2.05) is 35.2 Å². The van der Waals surface area contributed by atoms with Crippen molar-refractivity contribution in [3.05, 3.63) is 66.1 Å². The molecule has 0 spiro atoms. The lowest BCUT2D eigenvalue weighted by molar-refractivity contribution is 0.0500. The van der Waals surface area contributed by atoms with Gasteiger partial charge in [0.05, 0.1) is 0 Å². The lowest BCUT2D eigenvalue weighted by Gasteiger charge is -2.42. The third kappa shape index (κ3) is 4.57. The lowest BCUT2D eigenvalue weighted by atomic mass is 9.79. The molecule has 29 heavy (non-hydrogen) atoms. The summed E-state index contributed by atoms with van der Waals surface area (Å²) in [7, 11) is 0. The summed E-state index contributed by atoms with van der Waals surface area (Å²) in [6.45, 7) is 5.77. The van der Waals surface area contributed by atoms with E-state index in [2.05, 4.69) is 26.0 Å². The largest absolute Gasteiger partial charge is 0.486 e. The van der Waals surface area contributed by atoms with Crippen LogP contribution in [0.4, 0.5) is 0 Å². The van der Waals surface area contributed by atoms with Crippen LogP contribution in [-0.2, 0) is 6.61 Å². The molecule has 2 heterocycles. The maximum atomic E-state index is 12.8. The second-order valence-corrected chi connectivity index (χ2v) is 8.17. The van der Waals surface area contributed by atoms with Crippen LogP contribution in [0.2, 0.25) is 0 Å². The van der Waals surface area contributed by atoms with Crippen LogP contribution in [0.5, 0.6) is 5.75 Å². The van der Waals surface area contributed by atoms with Crippen molar-refractivity contribution in [2.45, 2.75) is 32.9 Å². The summed E-state index contributed by atoms with van der Waals surface area (Å²) >= 11 is 0. The average molecular weight is 415 g/mol. The molecule has 3 aromatic rings. The van der Waals surface area contributed by atoms with Gasteiger partial charge >= 0.3 is 0 Å². The van der Waals surface area contributed by atoms with Gasteiger partial charge in [0.15, 0.2) is 5.76 Å². The van der Waals surface area contributed by atoms with E-state index in [-0.39, 0.29) is 36.4 Å². The number of benzene rings is 2. The molecule has 1 aromatic heterocycles. The fourth-order valence-corrected chi connectivity index (χ4v) is 3.69. The Hall–Kier alpha value is -2.50. The van der Waals surface area contributed by atoms with Gasteiger partial charge in [-0.1, -0.05) is 44.2 Å². The Kier molecular flexibility index (Phi) is 6.20. The van der Waals surface area contributed by atoms with Gasteiger partial charge in [0.25, 0.3) is 5.91 Å². The summed E-state index contributed by atoms with van der Waals surface area (Å²) in [4.78, 5) is 14.6. The predicted octanol–water partition coefficient (Wildman–Crippen LogP) is 4.63. The fraction of sp³-hybridized carbons (Fsp3) is 0.348. The highest BCUT2D eigenvalue weighted by Crippen LogP contribution is 2.29. The van der Waals surface area contributed by atoms with Crippen LogP contribution >= 0.6 is 12.4 Å². The van der Waals surface area contributed by atoms with Crippen molar-refractivity contribution in [3.8, 4) is 5.75 Å². The number of rotatable bonds is 4. The standard InChI is InChI=1S/C23H26N2O3.ClH/c1-23(2)15-25(12-11-21(23)24)22(26)20-10-9-19(28-20)14-27-18-8-7-16-5-3-4-6-17(16)13-18;/h3-10,13,21H,11-12,14-15,24H2,1-2H3;1H. The van der Waals surface area contributed by atoms with Crippen molar-refractivity contribution >= 4 is 29.1 Å². The Bertz CT molecular complexity index is 998. The summed E-state index contributed by atoms with van der Waals surface area (Å²) in [5.41, 5.74) is 6.07. The molecule has 2 N–H and O–H groups in total. The zero-order valence-electron chi connectivity index (χ0n) is 16.8. The Morgan fingerprint density at radius 2 is 1.93 bits per heavy atom. The molecule has 5 nitrogen and oxygen atoms in total. The van der Waals surface area contributed by atoms with E-state index >= 15 is 0 Å². The molecule has 1 amide bonds. The summed E-state index contributed by atoms with van der Waals surface area (Å²) in [6, 6.07) is 17.8. The lowest BCUT2D eigenvalue weighted by Crippen LogP contribution is -2.53. The number of fused-ring (bicyclic) bond motifs is 1. The van der Waals surface area contributed by atoms with Crippen molar-refractivity contribution in [1.82, 2.24) is 4.90 Å². The van der Waals surface area contributed by atoms with Crippen LogP contribution < -0.4 is 10.5 Å². The first-order valence-electron chi connectivity index (χ1n) is 9.67. The topological polar surface area (TPSA) is 68.7 Å². The molecule has 2 aromatic carbocycles. The van der Waals surface area contributed by atoms with Crippen LogP contribution in [0.1, 0.15) is 36.6 Å². The van der Waals surface area contributed by atoms with Gasteiger partial charge in [-0.25, -0.2) is 0 Å². The predicted molar refractivity (Wildman–Crippen MR) is 117 cm³/mol. The Morgan fingerprint density at radius 3 is 2.69 bits per heavy atom. The molecule has 0 radical (unpaired) electrons. The van der Waals surface area contributed by atoms with E-state index in [0.717, 1.165) is 17.6 Å². The number of piperidine rings is 1. The number of hydrogen-bond acceptors (Lipinski definition) is 4. The molecule has 1 fully saturated rings. The molecule has 1 atom stereocenters. The minimum atomic E-state index is -0.0947. The van der Waals surface area contributed by atoms with Gasteiger partial charge in [-0.05, 0) is 46.9 Å². The van der Waals surface area contributed by atoms with E-state index in [4.69, 9.17) is 14.9 Å². The molecule has 0 saturated carbocycles. The molecule has 1 aliphatic rings. The van der Waals surface area contributed by atoms with Gasteiger partial charge in [-0.15, -0.1) is 12.4 Å². The van der Waals surface area contributed by atoms with Crippen LogP contribution in [0.15, 0.2) is 59.0 Å². The smallest absolute Gasteiger partial charge is 0.289 e.